The van der Waals surface area contributed by atoms with Gasteiger partial charge in [0, 0.05) is 10.6 Å². The van der Waals surface area contributed by atoms with Crippen LogP contribution in [-0.4, -0.2) is 24.8 Å². The molecule has 0 N–H and O–H groups in total. The lowest BCUT2D eigenvalue weighted by molar-refractivity contribution is -0.121. The van der Waals surface area contributed by atoms with Crippen molar-refractivity contribution in [2.45, 2.75) is 0 Å². The minimum Gasteiger partial charge on any atom is -0.482 e. The van der Waals surface area contributed by atoms with Gasteiger partial charge in [-0.05, 0) is 36.4 Å². The molecular weight excluding hydrogens is 290 g/mol. The Balaban J connectivity index is 1.85. The van der Waals surface area contributed by atoms with E-state index in [0.29, 0.717) is 22.0 Å². The van der Waals surface area contributed by atoms with Crippen LogP contribution in [0.4, 0.5) is 5.69 Å². The first kappa shape index (κ1) is 13.6. The number of benzene rings is 2. The zero-order valence-corrected chi connectivity index (χ0v) is 11.8. The SMILES string of the molecule is O=C(CN1C(=O)COc2ccccc21)c1ccc(Cl)cc1. The number of nitrogens with zero attached hydrogens (tertiary/aromatic N) is 1. The summed E-state index contributed by atoms with van der Waals surface area (Å²) in [5, 5.41) is 0.569. The molecule has 0 saturated carbocycles. The van der Waals surface area contributed by atoms with Crippen molar-refractivity contribution in [1.29, 1.82) is 0 Å². The maximum absolute atomic E-state index is 12.3. The molecule has 1 aliphatic rings. The van der Waals surface area contributed by atoms with E-state index in [1.807, 2.05) is 6.07 Å². The van der Waals surface area contributed by atoms with E-state index in [4.69, 9.17) is 16.3 Å². The number of ether oxygens (including phenoxy) is 1. The average molecular weight is 302 g/mol. The Morgan fingerprint density at radius 3 is 2.62 bits per heavy atom. The summed E-state index contributed by atoms with van der Waals surface area (Å²) in [6, 6.07) is 13.8. The van der Waals surface area contributed by atoms with Gasteiger partial charge in [0.25, 0.3) is 5.91 Å². The van der Waals surface area contributed by atoms with Crippen molar-refractivity contribution in [1.82, 2.24) is 0 Å². The van der Waals surface area contributed by atoms with Gasteiger partial charge in [0.15, 0.2) is 12.4 Å². The van der Waals surface area contributed by atoms with Crippen molar-refractivity contribution in [3.8, 4) is 5.75 Å². The second kappa shape index (κ2) is 5.58. The monoisotopic (exact) mass is 301 g/mol. The number of Topliss-reactive ketones (excluding diaryl/α,β-unsaturated/α-hetero) is 1. The number of rotatable bonds is 3. The van der Waals surface area contributed by atoms with Crippen molar-refractivity contribution in [3.05, 3.63) is 59.1 Å². The van der Waals surface area contributed by atoms with Crippen molar-refractivity contribution in [2.75, 3.05) is 18.1 Å². The number of halogens is 1. The van der Waals surface area contributed by atoms with E-state index in [-0.39, 0.29) is 24.8 Å². The molecule has 0 spiro atoms. The Morgan fingerprint density at radius 1 is 1.14 bits per heavy atom. The number of anilines is 1. The highest BCUT2D eigenvalue weighted by molar-refractivity contribution is 6.30. The molecule has 106 valence electrons. The lowest BCUT2D eigenvalue weighted by Crippen LogP contribution is -2.41. The van der Waals surface area contributed by atoms with Gasteiger partial charge in [-0.1, -0.05) is 23.7 Å². The first-order valence-electron chi connectivity index (χ1n) is 6.46. The fourth-order valence-corrected chi connectivity index (χ4v) is 2.32. The summed E-state index contributed by atoms with van der Waals surface area (Å²) in [6.45, 7) is -0.0637. The van der Waals surface area contributed by atoms with Gasteiger partial charge in [-0.25, -0.2) is 0 Å². The molecule has 0 bridgehead atoms. The molecule has 1 aliphatic heterocycles. The Hall–Kier alpha value is -2.33. The highest BCUT2D eigenvalue weighted by Gasteiger charge is 2.27. The molecule has 4 nitrogen and oxygen atoms in total. The van der Waals surface area contributed by atoms with Gasteiger partial charge in [0.05, 0.1) is 12.2 Å². The van der Waals surface area contributed by atoms with Crippen LogP contribution in [0.15, 0.2) is 48.5 Å². The number of para-hydroxylation sites is 2. The molecule has 5 heteroatoms. The summed E-state index contributed by atoms with van der Waals surface area (Å²) in [5.41, 5.74) is 1.15. The maximum Gasteiger partial charge on any atom is 0.265 e. The predicted molar refractivity (Wildman–Crippen MR) is 80.1 cm³/mol. The van der Waals surface area contributed by atoms with Crippen LogP contribution in [0.5, 0.6) is 5.75 Å². The van der Waals surface area contributed by atoms with Crippen molar-refractivity contribution >= 4 is 29.0 Å². The summed E-state index contributed by atoms with van der Waals surface area (Å²) in [5.74, 6) is 0.244. The molecule has 1 heterocycles. The lowest BCUT2D eigenvalue weighted by Gasteiger charge is -2.28. The molecule has 0 atom stereocenters. The Bertz CT molecular complexity index is 697. The highest BCUT2D eigenvalue weighted by atomic mass is 35.5. The molecule has 0 radical (unpaired) electrons. The summed E-state index contributed by atoms with van der Waals surface area (Å²) in [4.78, 5) is 25.8. The summed E-state index contributed by atoms with van der Waals surface area (Å²) >= 11 is 5.81. The number of carbonyl (C=O) groups is 2. The molecule has 2 aromatic rings. The standard InChI is InChI=1S/C16H12ClNO3/c17-12-7-5-11(6-8-12)14(19)9-18-13-3-1-2-4-15(13)21-10-16(18)20/h1-8H,9-10H2. The molecule has 1 amide bonds. The molecule has 0 saturated heterocycles. The molecule has 0 aliphatic carbocycles. The largest absolute Gasteiger partial charge is 0.482 e. The first-order valence-corrected chi connectivity index (χ1v) is 6.84. The number of carbonyl (C=O) groups excluding carboxylic acids is 2. The van der Waals surface area contributed by atoms with Gasteiger partial charge < -0.3 is 4.74 Å². The molecule has 0 aromatic heterocycles. The van der Waals surface area contributed by atoms with E-state index in [0.717, 1.165) is 0 Å². The minimum absolute atomic E-state index is 0.0131. The number of fused-ring (bicyclic) bond motifs is 1. The van der Waals surface area contributed by atoms with E-state index < -0.39 is 0 Å². The van der Waals surface area contributed by atoms with Gasteiger partial charge in [0.2, 0.25) is 0 Å². The number of amides is 1. The second-order valence-electron chi connectivity index (χ2n) is 4.67. The van der Waals surface area contributed by atoms with Gasteiger partial charge in [0.1, 0.15) is 5.75 Å². The van der Waals surface area contributed by atoms with E-state index in [1.54, 1.807) is 42.5 Å². The number of ketones is 1. The van der Waals surface area contributed by atoms with Crippen LogP contribution >= 0.6 is 11.6 Å². The smallest absolute Gasteiger partial charge is 0.265 e. The first-order chi connectivity index (χ1) is 10.1. The van der Waals surface area contributed by atoms with Crippen LogP contribution in [0.2, 0.25) is 5.02 Å². The quantitative estimate of drug-likeness (QED) is 0.819. The third kappa shape index (κ3) is 2.76. The average Bonchev–Trinajstić information content (AvgIpc) is 2.51. The van der Waals surface area contributed by atoms with Crippen LogP contribution in [-0.2, 0) is 4.79 Å². The van der Waals surface area contributed by atoms with Crippen LogP contribution in [0.1, 0.15) is 10.4 Å². The van der Waals surface area contributed by atoms with Crippen LogP contribution in [0.3, 0.4) is 0 Å². The maximum atomic E-state index is 12.3. The Morgan fingerprint density at radius 2 is 1.86 bits per heavy atom. The fourth-order valence-electron chi connectivity index (χ4n) is 2.20. The topological polar surface area (TPSA) is 46.6 Å². The predicted octanol–water partition coefficient (Wildman–Crippen LogP) is 2.95. The van der Waals surface area contributed by atoms with Gasteiger partial charge in [-0.3, -0.25) is 14.5 Å². The minimum atomic E-state index is -0.226. The summed E-state index contributed by atoms with van der Waals surface area (Å²) in [7, 11) is 0. The van der Waals surface area contributed by atoms with Crippen molar-refractivity contribution in [3.63, 3.8) is 0 Å². The van der Waals surface area contributed by atoms with E-state index in [1.165, 1.54) is 4.90 Å². The van der Waals surface area contributed by atoms with E-state index in [9.17, 15) is 9.59 Å². The normalized spacial score (nSPS) is 13.6. The molecule has 21 heavy (non-hydrogen) atoms. The van der Waals surface area contributed by atoms with Crippen LogP contribution < -0.4 is 9.64 Å². The lowest BCUT2D eigenvalue weighted by atomic mass is 10.1. The second-order valence-corrected chi connectivity index (χ2v) is 5.10. The molecular formula is C16H12ClNO3. The van der Waals surface area contributed by atoms with E-state index >= 15 is 0 Å². The Kier molecular flexibility index (Phi) is 3.62. The fraction of sp³-hybridized carbons (Fsp3) is 0.125. The van der Waals surface area contributed by atoms with Gasteiger partial charge in [-0.2, -0.15) is 0 Å². The third-order valence-corrected chi connectivity index (χ3v) is 3.53. The zero-order valence-electron chi connectivity index (χ0n) is 11.1. The number of hydrogen-bond donors (Lipinski definition) is 0. The molecule has 0 fully saturated rings. The van der Waals surface area contributed by atoms with Gasteiger partial charge >= 0.3 is 0 Å². The summed E-state index contributed by atoms with van der Waals surface area (Å²) < 4.78 is 5.35. The van der Waals surface area contributed by atoms with Gasteiger partial charge in [-0.15, -0.1) is 0 Å². The van der Waals surface area contributed by atoms with Crippen molar-refractivity contribution < 1.29 is 14.3 Å². The zero-order chi connectivity index (χ0) is 14.8. The third-order valence-electron chi connectivity index (χ3n) is 3.28. The van der Waals surface area contributed by atoms with Crippen molar-refractivity contribution in [2.24, 2.45) is 0 Å². The molecule has 2 aromatic carbocycles. The Labute approximate surface area is 126 Å². The van der Waals surface area contributed by atoms with Crippen LogP contribution in [0.25, 0.3) is 0 Å². The molecule has 3 rings (SSSR count). The summed E-state index contributed by atoms with van der Waals surface area (Å²) in [6.07, 6.45) is 0. The van der Waals surface area contributed by atoms with Crippen LogP contribution in [0, 0.1) is 0 Å². The highest BCUT2D eigenvalue weighted by Crippen LogP contribution is 2.31. The number of hydrogen-bond acceptors (Lipinski definition) is 3. The molecule has 0 unspecified atom stereocenters. The van der Waals surface area contributed by atoms with E-state index in [2.05, 4.69) is 0 Å².